The molecule has 5 heteroatoms. The zero-order valence-electron chi connectivity index (χ0n) is 16.6. The zero-order chi connectivity index (χ0) is 20.6. The highest BCUT2D eigenvalue weighted by Gasteiger charge is 2.11. The molecule has 1 N–H and O–H groups in total. The lowest BCUT2D eigenvalue weighted by Gasteiger charge is -2.12. The molecule has 0 fully saturated rings. The molecule has 0 amide bonds. The number of hydrogen-bond acceptors (Lipinski definition) is 5. The maximum absolute atomic E-state index is 9.79. The van der Waals surface area contributed by atoms with Crippen molar-refractivity contribution in [1.82, 2.24) is 0 Å². The zero-order valence-corrected chi connectivity index (χ0v) is 16.6. The van der Waals surface area contributed by atoms with Gasteiger partial charge in [-0.3, -0.25) is 4.99 Å². The summed E-state index contributed by atoms with van der Waals surface area (Å²) in [6.45, 7) is 0. The molecule has 0 aromatic heterocycles. The predicted molar refractivity (Wildman–Crippen MR) is 117 cm³/mol. The number of phenols is 1. The Hall–Kier alpha value is -3.73. The highest BCUT2D eigenvalue weighted by Crippen LogP contribution is 2.38. The Bertz CT molecular complexity index is 998. The van der Waals surface area contributed by atoms with Gasteiger partial charge in [0.15, 0.2) is 11.5 Å². The average molecular weight is 389 g/mol. The molecule has 5 nitrogen and oxygen atoms in total. The van der Waals surface area contributed by atoms with Crippen molar-refractivity contribution in [2.24, 2.45) is 4.99 Å². The lowest BCUT2D eigenvalue weighted by molar-refractivity contribution is 0.324. The maximum Gasteiger partial charge on any atom is 0.203 e. The maximum atomic E-state index is 9.79. The van der Waals surface area contributed by atoms with Crippen molar-refractivity contribution in [2.75, 3.05) is 21.3 Å². The van der Waals surface area contributed by atoms with Crippen LogP contribution in [0.5, 0.6) is 23.0 Å². The minimum Gasteiger partial charge on any atom is -0.507 e. The van der Waals surface area contributed by atoms with Gasteiger partial charge in [-0.15, -0.1) is 0 Å². The molecule has 0 bridgehead atoms. The summed E-state index contributed by atoms with van der Waals surface area (Å²) in [5, 5.41) is 9.79. The van der Waals surface area contributed by atoms with Crippen LogP contribution in [0.4, 0.5) is 5.69 Å². The first-order valence-corrected chi connectivity index (χ1v) is 9.05. The number of aromatic hydroxyl groups is 1. The summed E-state index contributed by atoms with van der Waals surface area (Å²) >= 11 is 0. The van der Waals surface area contributed by atoms with Gasteiger partial charge >= 0.3 is 0 Å². The summed E-state index contributed by atoms with van der Waals surface area (Å²) in [4.78, 5) is 4.41. The molecule has 0 aliphatic rings. The molecule has 3 aromatic rings. The highest BCUT2D eigenvalue weighted by atomic mass is 16.5. The SMILES string of the molecule is COc1cc(/C=C/c2ccc(N=Cc3ccccc3O)cc2)cc(OC)c1OC. The van der Waals surface area contributed by atoms with E-state index in [1.165, 1.54) is 0 Å². The van der Waals surface area contributed by atoms with Crippen molar-refractivity contribution in [3.63, 3.8) is 0 Å². The second-order valence-corrected chi connectivity index (χ2v) is 6.20. The molecule has 0 saturated carbocycles. The molecular formula is C24H23NO4. The molecule has 0 aliphatic carbocycles. The van der Waals surface area contributed by atoms with E-state index in [0.29, 0.717) is 22.8 Å². The standard InChI is InChI=1S/C24H23NO4/c1-27-22-14-18(15-23(28-2)24(22)29-3)9-8-17-10-12-20(13-11-17)25-16-19-6-4-5-7-21(19)26/h4-16,26H,1-3H3/b9-8+,25-16?. The van der Waals surface area contributed by atoms with E-state index in [1.807, 2.05) is 60.7 Å². The van der Waals surface area contributed by atoms with E-state index < -0.39 is 0 Å². The van der Waals surface area contributed by atoms with Gasteiger partial charge in [0.1, 0.15) is 5.75 Å². The topological polar surface area (TPSA) is 60.3 Å². The number of para-hydroxylation sites is 1. The van der Waals surface area contributed by atoms with E-state index in [9.17, 15) is 5.11 Å². The Morgan fingerprint density at radius 3 is 1.97 bits per heavy atom. The lowest BCUT2D eigenvalue weighted by Crippen LogP contribution is -1.95. The molecule has 0 radical (unpaired) electrons. The van der Waals surface area contributed by atoms with Gasteiger partial charge in [0.25, 0.3) is 0 Å². The van der Waals surface area contributed by atoms with Crippen LogP contribution in [0.2, 0.25) is 0 Å². The van der Waals surface area contributed by atoms with E-state index in [1.54, 1.807) is 39.7 Å². The number of ether oxygens (including phenoxy) is 3. The number of benzene rings is 3. The minimum absolute atomic E-state index is 0.209. The fourth-order valence-electron chi connectivity index (χ4n) is 2.80. The Balaban J connectivity index is 1.76. The van der Waals surface area contributed by atoms with Crippen molar-refractivity contribution < 1.29 is 19.3 Å². The number of phenolic OH excluding ortho intramolecular Hbond substituents is 1. The second-order valence-electron chi connectivity index (χ2n) is 6.20. The average Bonchev–Trinajstić information content (AvgIpc) is 2.77. The summed E-state index contributed by atoms with van der Waals surface area (Å²) in [7, 11) is 4.78. The third-order valence-electron chi connectivity index (χ3n) is 4.34. The summed E-state index contributed by atoms with van der Waals surface area (Å²) in [6, 6.07) is 18.7. The van der Waals surface area contributed by atoms with Crippen LogP contribution < -0.4 is 14.2 Å². The summed E-state index contributed by atoms with van der Waals surface area (Å²) < 4.78 is 16.1. The summed E-state index contributed by atoms with van der Waals surface area (Å²) in [6.07, 6.45) is 5.62. The van der Waals surface area contributed by atoms with Gasteiger partial charge in [0, 0.05) is 11.8 Å². The van der Waals surface area contributed by atoms with Crippen molar-refractivity contribution >= 4 is 24.1 Å². The van der Waals surface area contributed by atoms with E-state index in [2.05, 4.69) is 4.99 Å². The molecule has 0 unspecified atom stereocenters. The van der Waals surface area contributed by atoms with Crippen LogP contribution in [0.25, 0.3) is 12.2 Å². The van der Waals surface area contributed by atoms with Crippen LogP contribution in [-0.4, -0.2) is 32.7 Å². The van der Waals surface area contributed by atoms with Gasteiger partial charge in [0.2, 0.25) is 5.75 Å². The van der Waals surface area contributed by atoms with Crippen molar-refractivity contribution in [1.29, 1.82) is 0 Å². The molecule has 0 spiro atoms. The van der Waals surface area contributed by atoms with Crippen molar-refractivity contribution in [3.05, 3.63) is 77.4 Å². The fraction of sp³-hybridized carbons (Fsp3) is 0.125. The quantitative estimate of drug-likeness (QED) is 0.438. The Labute approximate surface area is 170 Å². The van der Waals surface area contributed by atoms with Gasteiger partial charge in [-0.25, -0.2) is 0 Å². The third-order valence-corrected chi connectivity index (χ3v) is 4.34. The summed E-state index contributed by atoms with van der Waals surface area (Å²) in [5.74, 6) is 2.00. The normalized spacial score (nSPS) is 11.1. The van der Waals surface area contributed by atoms with Crippen LogP contribution in [0.1, 0.15) is 16.7 Å². The van der Waals surface area contributed by atoms with Crippen molar-refractivity contribution in [3.8, 4) is 23.0 Å². The molecule has 0 heterocycles. The number of aliphatic imine (C=N–C) groups is 1. The van der Waals surface area contributed by atoms with Crippen LogP contribution in [0.3, 0.4) is 0 Å². The van der Waals surface area contributed by atoms with Crippen LogP contribution >= 0.6 is 0 Å². The molecule has 0 aliphatic heterocycles. The van der Waals surface area contributed by atoms with Crippen molar-refractivity contribution in [2.45, 2.75) is 0 Å². The molecule has 0 saturated heterocycles. The number of nitrogens with zero attached hydrogens (tertiary/aromatic N) is 1. The van der Waals surface area contributed by atoms with Crippen LogP contribution in [0, 0.1) is 0 Å². The summed E-state index contributed by atoms with van der Waals surface area (Å²) in [5.41, 5.74) is 3.44. The van der Waals surface area contributed by atoms with Gasteiger partial charge < -0.3 is 19.3 Å². The molecule has 148 valence electrons. The van der Waals surface area contributed by atoms with Gasteiger partial charge in [-0.1, -0.05) is 36.4 Å². The monoisotopic (exact) mass is 389 g/mol. The van der Waals surface area contributed by atoms with Gasteiger partial charge in [-0.05, 0) is 47.5 Å². The van der Waals surface area contributed by atoms with Gasteiger partial charge in [-0.2, -0.15) is 0 Å². The Morgan fingerprint density at radius 2 is 1.38 bits per heavy atom. The van der Waals surface area contributed by atoms with Gasteiger partial charge in [0.05, 0.1) is 27.0 Å². The van der Waals surface area contributed by atoms with E-state index in [-0.39, 0.29) is 5.75 Å². The van der Waals surface area contributed by atoms with Crippen LogP contribution in [0.15, 0.2) is 65.7 Å². The first kappa shape index (κ1) is 20.0. The molecule has 3 rings (SSSR count). The fourth-order valence-corrected chi connectivity index (χ4v) is 2.80. The molecule has 3 aromatic carbocycles. The number of rotatable bonds is 7. The smallest absolute Gasteiger partial charge is 0.203 e. The van der Waals surface area contributed by atoms with E-state index in [4.69, 9.17) is 14.2 Å². The first-order valence-electron chi connectivity index (χ1n) is 9.05. The number of hydrogen-bond donors (Lipinski definition) is 1. The number of methoxy groups -OCH3 is 3. The van der Waals surface area contributed by atoms with E-state index >= 15 is 0 Å². The Morgan fingerprint density at radius 1 is 0.759 bits per heavy atom. The second kappa shape index (κ2) is 9.46. The predicted octanol–water partition coefficient (Wildman–Crippen LogP) is 5.34. The van der Waals surface area contributed by atoms with E-state index in [0.717, 1.165) is 16.8 Å². The molecule has 0 atom stereocenters. The molecule has 29 heavy (non-hydrogen) atoms. The van der Waals surface area contributed by atoms with Crippen LogP contribution in [-0.2, 0) is 0 Å². The first-order chi connectivity index (χ1) is 14.1. The lowest BCUT2D eigenvalue weighted by atomic mass is 10.1. The minimum atomic E-state index is 0.209. The Kier molecular flexibility index (Phi) is 6.53. The largest absolute Gasteiger partial charge is 0.507 e. The molecular weight excluding hydrogens is 366 g/mol. The third kappa shape index (κ3) is 4.96. The highest BCUT2D eigenvalue weighted by molar-refractivity contribution is 5.85.